The van der Waals surface area contributed by atoms with Gasteiger partial charge in [-0.05, 0) is 42.2 Å². The summed E-state index contributed by atoms with van der Waals surface area (Å²) in [6.45, 7) is 1.53. The minimum Gasteiger partial charge on any atom is -0.359 e. The fourth-order valence-corrected chi connectivity index (χ4v) is 3.61. The molecule has 0 spiro atoms. The zero-order valence-corrected chi connectivity index (χ0v) is 15.5. The summed E-state index contributed by atoms with van der Waals surface area (Å²) in [6.07, 6.45) is 3.57. The van der Waals surface area contributed by atoms with Crippen molar-refractivity contribution in [2.45, 2.75) is 12.8 Å². The number of amides is 1. The van der Waals surface area contributed by atoms with E-state index in [4.69, 9.17) is 0 Å². The van der Waals surface area contributed by atoms with E-state index in [0.29, 0.717) is 5.56 Å². The Balaban J connectivity index is 1.55. The van der Waals surface area contributed by atoms with Gasteiger partial charge in [-0.25, -0.2) is 4.98 Å². The molecule has 1 aliphatic rings. The first-order valence-corrected chi connectivity index (χ1v) is 9.34. The first-order valence-electron chi connectivity index (χ1n) is 9.34. The third-order valence-corrected chi connectivity index (χ3v) is 5.09. The Kier molecular flexibility index (Phi) is 4.88. The molecule has 0 saturated carbocycles. The highest BCUT2D eigenvalue weighted by atomic mass is 16.2. The number of pyridine rings is 1. The molecule has 4 nitrogen and oxygen atoms in total. The zero-order valence-electron chi connectivity index (χ0n) is 15.5. The number of aromatic nitrogens is 1. The highest BCUT2D eigenvalue weighted by Gasteiger charge is 2.27. The molecule has 0 fully saturated rings. The summed E-state index contributed by atoms with van der Waals surface area (Å²) in [5.41, 5.74) is 4.18. The van der Waals surface area contributed by atoms with Crippen molar-refractivity contribution in [3.63, 3.8) is 0 Å². The molecule has 1 aliphatic heterocycles. The average Bonchev–Trinajstić information content (AvgIpc) is 3.16. The normalized spacial score (nSPS) is 12.7. The van der Waals surface area contributed by atoms with Gasteiger partial charge in [-0.2, -0.15) is 0 Å². The molecule has 0 aliphatic carbocycles. The van der Waals surface area contributed by atoms with Crippen LogP contribution in [0.1, 0.15) is 21.5 Å². The van der Waals surface area contributed by atoms with Crippen molar-refractivity contribution < 1.29 is 4.79 Å². The van der Waals surface area contributed by atoms with Crippen molar-refractivity contribution in [1.29, 1.82) is 0 Å². The van der Waals surface area contributed by atoms with Crippen LogP contribution < -0.4 is 9.80 Å². The minimum absolute atomic E-state index is 0.0228. The Morgan fingerprint density at radius 1 is 1.04 bits per heavy atom. The number of carbonyl (C=O) groups excluding carboxylic acids is 1. The van der Waals surface area contributed by atoms with Crippen LogP contribution >= 0.6 is 0 Å². The van der Waals surface area contributed by atoms with Crippen molar-refractivity contribution in [3.8, 4) is 0 Å². The first-order chi connectivity index (χ1) is 13.2. The van der Waals surface area contributed by atoms with Crippen molar-refractivity contribution >= 4 is 17.4 Å². The van der Waals surface area contributed by atoms with E-state index in [-0.39, 0.29) is 5.91 Å². The number of hydrogen-bond acceptors (Lipinski definition) is 3. The van der Waals surface area contributed by atoms with Gasteiger partial charge in [0.05, 0.1) is 5.56 Å². The number of anilines is 2. The van der Waals surface area contributed by atoms with Crippen LogP contribution in [0.5, 0.6) is 0 Å². The maximum atomic E-state index is 13.3. The standard InChI is InChI=1S/C23H23N3O/c1-25(16-13-18-8-3-2-4-9-18)22-20(11-7-15-24-22)23(27)26-17-14-19-10-5-6-12-21(19)26/h2-12,15H,13-14,16-17H2,1H3. The molecule has 4 rings (SSSR count). The maximum Gasteiger partial charge on any atom is 0.262 e. The lowest BCUT2D eigenvalue weighted by molar-refractivity contribution is 0.0989. The summed E-state index contributed by atoms with van der Waals surface area (Å²) < 4.78 is 0. The predicted molar refractivity (Wildman–Crippen MR) is 109 cm³/mol. The van der Waals surface area contributed by atoms with E-state index in [0.717, 1.165) is 37.4 Å². The van der Waals surface area contributed by atoms with Crippen LogP contribution in [0.25, 0.3) is 0 Å². The minimum atomic E-state index is 0.0228. The van der Waals surface area contributed by atoms with Crippen molar-refractivity contribution in [1.82, 2.24) is 4.98 Å². The summed E-state index contributed by atoms with van der Waals surface area (Å²) in [5.74, 6) is 0.762. The smallest absolute Gasteiger partial charge is 0.262 e. The second-order valence-corrected chi connectivity index (χ2v) is 6.87. The van der Waals surface area contributed by atoms with E-state index in [1.165, 1.54) is 11.1 Å². The summed E-state index contributed by atoms with van der Waals surface area (Å²) in [5, 5.41) is 0. The second kappa shape index (κ2) is 7.62. The fourth-order valence-electron chi connectivity index (χ4n) is 3.61. The lowest BCUT2D eigenvalue weighted by Gasteiger charge is -2.23. The molecule has 0 bridgehead atoms. The lowest BCUT2D eigenvalue weighted by Crippen LogP contribution is -2.32. The van der Waals surface area contributed by atoms with Gasteiger partial charge in [0.15, 0.2) is 0 Å². The quantitative estimate of drug-likeness (QED) is 0.693. The van der Waals surface area contributed by atoms with Gasteiger partial charge in [0, 0.05) is 32.0 Å². The molecule has 0 saturated heterocycles. The molecular formula is C23H23N3O. The SMILES string of the molecule is CN(CCc1ccccc1)c1ncccc1C(=O)N1CCc2ccccc21. The summed E-state index contributed by atoms with van der Waals surface area (Å²) in [4.78, 5) is 21.7. The van der Waals surface area contributed by atoms with Crippen LogP contribution in [0.3, 0.4) is 0 Å². The van der Waals surface area contributed by atoms with E-state index >= 15 is 0 Å². The molecule has 27 heavy (non-hydrogen) atoms. The van der Waals surface area contributed by atoms with Crippen LogP contribution in [0.4, 0.5) is 11.5 Å². The Morgan fingerprint density at radius 2 is 1.81 bits per heavy atom. The summed E-state index contributed by atoms with van der Waals surface area (Å²) >= 11 is 0. The molecular weight excluding hydrogens is 334 g/mol. The zero-order chi connectivity index (χ0) is 18.6. The van der Waals surface area contributed by atoms with E-state index in [1.807, 2.05) is 48.3 Å². The number of para-hydroxylation sites is 1. The van der Waals surface area contributed by atoms with Gasteiger partial charge in [0.1, 0.15) is 5.82 Å². The van der Waals surface area contributed by atoms with Gasteiger partial charge >= 0.3 is 0 Å². The number of fused-ring (bicyclic) bond motifs is 1. The highest BCUT2D eigenvalue weighted by Crippen LogP contribution is 2.30. The van der Waals surface area contributed by atoms with Gasteiger partial charge in [0.25, 0.3) is 5.91 Å². The van der Waals surface area contributed by atoms with E-state index in [9.17, 15) is 4.79 Å². The first kappa shape index (κ1) is 17.3. The molecule has 0 N–H and O–H groups in total. The molecule has 2 aromatic carbocycles. The second-order valence-electron chi connectivity index (χ2n) is 6.87. The topological polar surface area (TPSA) is 36.4 Å². The van der Waals surface area contributed by atoms with Crippen molar-refractivity contribution in [2.75, 3.05) is 29.9 Å². The molecule has 0 unspecified atom stereocenters. The summed E-state index contributed by atoms with van der Waals surface area (Å²) in [6, 6.07) is 22.2. The molecule has 2 heterocycles. The third kappa shape index (κ3) is 3.56. The van der Waals surface area contributed by atoms with Gasteiger partial charge in [-0.3, -0.25) is 4.79 Å². The largest absolute Gasteiger partial charge is 0.359 e. The molecule has 136 valence electrons. The Morgan fingerprint density at radius 3 is 2.67 bits per heavy atom. The predicted octanol–water partition coefficient (Wildman–Crippen LogP) is 3.96. The number of benzene rings is 2. The van der Waals surface area contributed by atoms with Crippen LogP contribution in [-0.2, 0) is 12.8 Å². The van der Waals surface area contributed by atoms with E-state index in [1.54, 1.807) is 6.20 Å². The number of likely N-dealkylation sites (N-methyl/N-ethyl adjacent to an activating group) is 1. The van der Waals surface area contributed by atoms with Crippen molar-refractivity contribution in [3.05, 3.63) is 89.6 Å². The Bertz CT molecular complexity index is 939. The third-order valence-electron chi connectivity index (χ3n) is 5.09. The maximum absolute atomic E-state index is 13.3. The molecule has 3 aromatic rings. The number of nitrogens with zero attached hydrogens (tertiary/aromatic N) is 3. The number of hydrogen-bond donors (Lipinski definition) is 0. The monoisotopic (exact) mass is 357 g/mol. The Labute approximate surface area is 160 Å². The molecule has 0 atom stereocenters. The lowest BCUT2D eigenvalue weighted by atomic mass is 10.1. The van der Waals surface area contributed by atoms with Crippen LogP contribution in [-0.4, -0.2) is 31.0 Å². The number of carbonyl (C=O) groups is 1. The van der Waals surface area contributed by atoms with Crippen LogP contribution in [0.15, 0.2) is 72.9 Å². The van der Waals surface area contributed by atoms with Crippen LogP contribution in [0.2, 0.25) is 0 Å². The van der Waals surface area contributed by atoms with Gasteiger partial charge in [0.2, 0.25) is 0 Å². The van der Waals surface area contributed by atoms with Gasteiger partial charge in [-0.15, -0.1) is 0 Å². The fraction of sp³-hybridized carbons (Fsp3) is 0.217. The van der Waals surface area contributed by atoms with E-state index in [2.05, 4.69) is 40.2 Å². The average molecular weight is 357 g/mol. The highest BCUT2D eigenvalue weighted by molar-refractivity contribution is 6.10. The van der Waals surface area contributed by atoms with E-state index < -0.39 is 0 Å². The summed E-state index contributed by atoms with van der Waals surface area (Å²) in [7, 11) is 2.00. The molecule has 1 amide bonds. The van der Waals surface area contributed by atoms with Gasteiger partial charge in [-0.1, -0.05) is 48.5 Å². The number of rotatable bonds is 5. The van der Waals surface area contributed by atoms with Crippen molar-refractivity contribution in [2.24, 2.45) is 0 Å². The van der Waals surface area contributed by atoms with Gasteiger partial charge < -0.3 is 9.80 Å². The molecule has 1 aromatic heterocycles. The molecule has 4 heteroatoms. The Hall–Kier alpha value is -3.14. The van der Waals surface area contributed by atoms with Crippen LogP contribution in [0, 0.1) is 0 Å². The molecule has 0 radical (unpaired) electrons.